The summed E-state index contributed by atoms with van der Waals surface area (Å²) in [5.74, 6) is -2.89. The van der Waals surface area contributed by atoms with E-state index in [1.807, 2.05) is 15.9 Å². The zero-order valence-corrected chi connectivity index (χ0v) is 9.15. The van der Waals surface area contributed by atoms with Crippen molar-refractivity contribution in [1.29, 1.82) is 0 Å². The molecule has 6 heteroatoms. The normalized spacial score (nSPS) is 11.3. The SMILES string of the molecule is COc1c(F)cccc1C(=O)C(F)(F)Br. The van der Waals surface area contributed by atoms with Crippen LogP contribution < -0.4 is 4.74 Å². The summed E-state index contributed by atoms with van der Waals surface area (Å²) in [6, 6.07) is 3.24. The molecule has 2 nitrogen and oxygen atoms in total. The van der Waals surface area contributed by atoms with Gasteiger partial charge in [0.15, 0.2) is 11.6 Å². The monoisotopic (exact) mass is 282 g/mol. The van der Waals surface area contributed by atoms with Crippen molar-refractivity contribution in [2.45, 2.75) is 4.83 Å². The number of halogens is 4. The summed E-state index contributed by atoms with van der Waals surface area (Å²) in [6.07, 6.45) is 0. The Morgan fingerprint density at radius 1 is 1.47 bits per heavy atom. The quantitative estimate of drug-likeness (QED) is 0.629. The number of ether oxygens (including phenoxy) is 1. The molecule has 0 aliphatic carbocycles. The maximum absolute atomic E-state index is 13.1. The predicted molar refractivity (Wildman–Crippen MR) is 51.2 cm³/mol. The van der Waals surface area contributed by atoms with Crippen molar-refractivity contribution in [3.05, 3.63) is 29.6 Å². The molecule has 0 fully saturated rings. The van der Waals surface area contributed by atoms with Gasteiger partial charge in [-0.1, -0.05) is 6.07 Å². The zero-order chi connectivity index (χ0) is 11.6. The van der Waals surface area contributed by atoms with Crippen LogP contribution in [0.4, 0.5) is 13.2 Å². The largest absolute Gasteiger partial charge is 0.493 e. The van der Waals surface area contributed by atoms with E-state index in [1.165, 1.54) is 0 Å². The minimum absolute atomic E-state index is 0.485. The van der Waals surface area contributed by atoms with Gasteiger partial charge in [-0.2, -0.15) is 8.78 Å². The molecule has 0 N–H and O–H groups in total. The number of rotatable bonds is 3. The lowest BCUT2D eigenvalue weighted by atomic mass is 10.1. The van der Waals surface area contributed by atoms with E-state index in [-0.39, 0.29) is 0 Å². The first-order valence-corrected chi connectivity index (χ1v) is 4.61. The van der Waals surface area contributed by atoms with Crippen LogP contribution >= 0.6 is 15.9 Å². The first-order valence-electron chi connectivity index (χ1n) is 3.82. The van der Waals surface area contributed by atoms with Gasteiger partial charge in [0.1, 0.15) is 0 Å². The third-order valence-corrected chi connectivity index (χ3v) is 2.03. The Labute approximate surface area is 92.2 Å². The number of carbonyl (C=O) groups excluding carboxylic acids is 1. The number of hydrogen-bond donors (Lipinski definition) is 0. The number of benzene rings is 1. The van der Waals surface area contributed by atoms with Crippen LogP contribution in [-0.2, 0) is 0 Å². The van der Waals surface area contributed by atoms with Crippen LogP contribution in [0.3, 0.4) is 0 Å². The van der Waals surface area contributed by atoms with Crippen LogP contribution in [0.1, 0.15) is 10.4 Å². The highest BCUT2D eigenvalue weighted by Crippen LogP contribution is 2.32. The number of carbonyl (C=O) groups is 1. The van der Waals surface area contributed by atoms with E-state index in [1.54, 1.807) is 0 Å². The van der Waals surface area contributed by atoms with Gasteiger partial charge in [-0.25, -0.2) is 4.39 Å². The van der Waals surface area contributed by atoms with E-state index in [2.05, 4.69) is 4.74 Å². The number of ketones is 1. The van der Waals surface area contributed by atoms with E-state index in [0.717, 1.165) is 25.3 Å². The Kier molecular flexibility index (Phi) is 3.38. The van der Waals surface area contributed by atoms with Crippen LogP contribution in [-0.4, -0.2) is 17.7 Å². The van der Waals surface area contributed by atoms with Crippen molar-refractivity contribution >= 4 is 21.7 Å². The number of para-hydroxylation sites is 1. The second kappa shape index (κ2) is 4.22. The summed E-state index contributed by atoms with van der Waals surface area (Å²) in [4.78, 5) is 7.43. The Morgan fingerprint density at radius 3 is 2.53 bits per heavy atom. The molecule has 0 saturated carbocycles. The molecule has 0 spiro atoms. The van der Waals surface area contributed by atoms with Gasteiger partial charge in [0.2, 0.25) is 5.78 Å². The van der Waals surface area contributed by atoms with Gasteiger partial charge in [-0.05, 0) is 28.1 Å². The average molecular weight is 283 g/mol. The van der Waals surface area contributed by atoms with E-state index in [4.69, 9.17) is 0 Å². The van der Waals surface area contributed by atoms with Crippen molar-refractivity contribution in [1.82, 2.24) is 0 Å². The lowest BCUT2D eigenvalue weighted by Crippen LogP contribution is -2.21. The van der Waals surface area contributed by atoms with Gasteiger partial charge in [-0.15, -0.1) is 0 Å². The summed E-state index contributed by atoms with van der Waals surface area (Å²) in [7, 11) is 1.10. The molecule has 0 bridgehead atoms. The molecule has 0 heterocycles. The van der Waals surface area contributed by atoms with Crippen LogP contribution in [0.2, 0.25) is 0 Å². The highest BCUT2D eigenvalue weighted by molar-refractivity contribution is 9.10. The van der Waals surface area contributed by atoms with Crippen LogP contribution in [0, 0.1) is 5.82 Å². The standard InChI is InChI=1S/C9H6BrF3O2/c1-15-7-5(3-2-4-6(7)11)8(14)9(10,12)13/h2-4H,1H3. The average Bonchev–Trinajstić information content (AvgIpc) is 2.14. The van der Waals surface area contributed by atoms with Crippen LogP contribution in [0.15, 0.2) is 18.2 Å². The van der Waals surface area contributed by atoms with Gasteiger partial charge in [0.05, 0.1) is 12.7 Å². The lowest BCUT2D eigenvalue weighted by Gasteiger charge is -2.11. The summed E-state index contributed by atoms with van der Waals surface area (Å²) < 4.78 is 42.9. The molecular weight excluding hydrogens is 277 g/mol. The molecule has 0 amide bonds. The van der Waals surface area contributed by atoms with Crippen molar-refractivity contribution in [3.8, 4) is 5.75 Å². The predicted octanol–water partition coefficient (Wildman–Crippen LogP) is 3.00. The number of hydrogen-bond acceptors (Lipinski definition) is 2. The summed E-state index contributed by atoms with van der Waals surface area (Å²) in [5.41, 5.74) is -0.501. The number of methoxy groups -OCH3 is 1. The maximum Gasteiger partial charge on any atom is 0.363 e. The molecule has 1 aromatic rings. The first-order chi connectivity index (χ1) is 6.88. The van der Waals surface area contributed by atoms with Gasteiger partial charge in [0.25, 0.3) is 0 Å². The summed E-state index contributed by atoms with van der Waals surface area (Å²) in [6.45, 7) is 0. The molecule has 0 aliphatic heterocycles. The molecule has 0 aliphatic rings. The Balaban J connectivity index is 3.26. The number of alkyl halides is 3. The molecule has 0 unspecified atom stereocenters. The van der Waals surface area contributed by atoms with E-state index in [9.17, 15) is 18.0 Å². The van der Waals surface area contributed by atoms with Crippen molar-refractivity contribution < 1.29 is 22.7 Å². The molecule has 0 aromatic heterocycles. The van der Waals surface area contributed by atoms with Gasteiger partial charge >= 0.3 is 4.83 Å². The Morgan fingerprint density at radius 2 is 2.07 bits per heavy atom. The molecule has 1 aromatic carbocycles. The summed E-state index contributed by atoms with van der Waals surface area (Å²) >= 11 is 1.91. The highest BCUT2D eigenvalue weighted by atomic mass is 79.9. The molecular formula is C9H6BrF3O2. The zero-order valence-electron chi connectivity index (χ0n) is 7.56. The maximum atomic E-state index is 13.1. The molecule has 0 radical (unpaired) electrons. The second-order valence-electron chi connectivity index (χ2n) is 2.65. The van der Waals surface area contributed by atoms with Gasteiger partial charge in [0, 0.05) is 0 Å². The fourth-order valence-electron chi connectivity index (χ4n) is 1.05. The van der Waals surface area contributed by atoms with Crippen LogP contribution in [0.25, 0.3) is 0 Å². The van der Waals surface area contributed by atoms with Crippen LogP contribution in [0.5, 0.6) is 5.75 Å². The van der Waals surface area contributed by atoms with Crippen molar-refractivity contribution in [2.24, 2.45) is 0 Å². The van der Waals surface area contributed by atoms with Gasteiger partial charge < -0.3 is 4.74 Å². The molecule has 0 saturated heterocycles. The molecule has 1 rings (SSSR count). The van der Waals surface area contributed by atoms with E-state index in [0.29, 0.717) is 0 Å². The highest BCUT2D eigenvalue weighted by Gasteiger charge is 2.38. The second-order valence-corrected chi connectivity index (χ2v) is 3.64. The van der Waals surface area contributed by atoms with Crippen molar-refractivity contribution in [3.63, 3.8) is 0 Å². The number of Topliss-reactive ketones (excluding diaryl/α,β-unsaturated/α-hetero) is 1. The summed E-state index contributed by atoms with van der Waals surface area (Å²) in [5, 5.41) is 0. The third-order valence-electron chi connectivity index (χ3n) is 1.67. The minimum atomic E-state index is -3.73. The topological polar surface area (TPSA) is 26.3 Å². The smallest absolute Gasteiger partial charge is 0.363 e. The Hall–Kier alpha value is -1.04. The Bertz CT molecular complexity index is 387. The molecule has 82 valence electrons. The fourth-order valence-corrected chi connectivity index (χ4v) is 1.26. The van der Waals surface area contributed by atoms with E-state index < -0.39 is 27.7 Å². The fraction of sp³-hybridized carbons (Fsp3) is 0.222. The minimum Gasteiger partial charge on any atom is -0.493 e. The van der Waals surface area contributed by atoms with E-state index >= 15 is 0 Å². The molecule has 15 heavy (non-hydrogen) atoms. The first kappa shape index (κ1) is 12.0. The third kappa shape index (κ3) is 2.50. The van der Waals surface area contributed by atoms with Crippen molar-refractivity contribution in [2.75, 3.05) is 7.11 Å². The molecule has 0 atom stereocenters. The lowest BCUT2D eigenvalue weighted by molar-refractivity contribution is 0.0588. The van der Waals surface area contributed by atoms with Gasteiger partial charge in [-0.3, -0.25) is 4.79 Å².